The number of carbonyl (C=O) groups is 1. The molecule has 0 aliphatic heterocycles. The third kappa shape index (κ3) is 3.94. The molecule has 1 N–H and O–H groups in total. The van der Waals surface area contributed by atoms with Gasteiger partial charge in [-0.3, -0.25) is 20.2 Å². The van der Waals surface area contributed by atoms with Gasteiger partial charge in [0, 0.05) is 24.7 Å². The van der Waals surface area contributed by atoms with Crippen LogP contribution in [0.25, 0.3) is 11.0 Å². The molecule has 0 bridgehead atoms. The second kappa shape index (κ2) is 7.72. The number of aryl methyl sites for hydroxylation is 1. The molecule has 0 aliphatic rings. The molecule has 0 unspecified atom stereocenters. The summed E-state index contributed by atoms with van der Waals surface area (Å²) in [6.45, 7) is 0.258. The summed E-state index contributed by atoms with van der Waals surface area (Å²) in [4.78, 5) is 27.8. The van der Waals surface area contributed by atoms with Gasteiger partial charge in [0.15, 0.2) is 0 Å². The van der Waals surface area contributed by atoms with Crippen LogP contribution in [0, 0.1) is 10.1 Å². The number of nitro benzene ring substituents is 1. The maximum Gasteiger partial charge on any atom is 0.269 e. The van der Waals surface area contributed by atoms with E-state index in [2.05, 4.69) is 10.3 Å². The lowest BCUT2D eigenvalue weighted by atomic mass is 10.3. The average molecular weight is 408 g/mol. The van der Waals surface area contributed by atoms with Gasteiger partial charge in [-0.25, -0.2) is 4.98 Å². The van der Waals surface area contributed by atoms with Gasteiger partial charge in [-0.2, -0.15) is 0 Å². The Labute approximate surface area is 169 Å². The number of thiophene rings is 1. The number of nitro groups is 1. The van der Waals surface area contributed by atoms with Gasteiger partial charge in [-0.05, 0) is 35.7 Å². The zero-order valence-corrected chi connectivity index (χ0v) is 16.2. The summed E-state index contributed by atoms with van der Waals surface area (Å²) in [6.07, 6.45) is 0. The molecule has 0 fully saturated rings. The van der Waals surface area contributed by atoms with Crippen LogP contribution in [-0.2, 0) is 13.7 Å². The quantitative estimate of drug-likeness (QED) is 0.377. The fourth-order valence-corrected chi connectivity index (χ4v) is 3.61. The van der Waals surface area contributed by atoms with Crippen molar-refractivity contribution in [2.75, 3.05) is 5.32 Å². The zero-order valence-electron chi connectivity index (χ0n) is 15.4. The third-order valence-corrected chi connectivity index (χ3v) is 5.32. The standard InChI is InChI=1S/C20H16N4O4S/c1-23-17-5-3-2-4-16(17)21-20(23)22-19(25)18-10-13(12-29-18)11-28-15-8-6-14(7-9-15)24(26)27/h2-10,12H,11H2,1H3,(H,21,22,25). The Balaban J connectivity index is 1.40. The van der Waals surface area contributed by atoms with E-state index in [0.717, 1.165) is 16.6 Å². The largest absolute Gasteiger partial charge is 0.489 e. The van der Waals surface area contributed by atoms with Gasteiger partial charge < -0.3 is 9.30 Å². The van der Waals surface area contributed by atoms with E-state index in [9.17, 15) is 14.9 Å². The van der Waals surface area contributed by atoms with Crippen LogP contribution in [0.4, 0.5) is 11.6 Å². The molecule has 29 heavy (non-hydrogen) atoms. The number of carbonyl (C=O) groups excluding carboxylic acids is 1. The van der Waals surface area contributed by atoms with E-state index in [-0.39, 0.29) is 18.2 Å². The summed E-state index contributed by atoms with van der Waals surface area (Å²) in [5.41, 5.74) is 2.59. The van der Waals surface area contributed by atoms with Crippen LogP contribution in [-0.4, -0.2) is 20.4 Å². The number of hydrogen-bond acceptors (Lipinski definition) is 6. The van der Waals surface area contributed by atoms with Crippen molar-refractivity contribution in [3.8, 4) is 5.75 Å². The van der Waals surface area contributed by atoms with Crippen molar-refractivity contribution in [2.45, 2.75) is 6.61 Å². The molecule has 4 rings (SSSR count). The molecule has 2 aromatic heterocycles. The van der Waals surface area contributed by atoms with Crippen LogP contribution in [0.3, 0.4) is 0 Å². The number of ether oxygens (including phenoxy) is 1. The number of fused-ring (bicyclic) bond motifs is 1. The molecule has 4 aromatic rings. The maximum absolute atomic E-state index is 12.6. The molecule has 0 radical (unpaired) electrons. The van der Waals surface area contributed by atoms with Crippen LogP contribution in [0.15, 0.2) is 60.0 Å². The van der Waals surface area contributed by atoms with Crippen molar-refractivity contribution < 1.29 is 14.5 Å². The van der Waals surface area contributed by atoms with Crippen LogP contribution in [0.5, 0.6) is 5.75 Å². The Morgan fingerprint density at radius 3 is 2.72 bits per heavy atom. The number of anilines is 1. The molecular weight excluding hydrogens is 392 g/mol. The van der Waals surface area contributed by atoms with Crippen LogP contribution >= 0.6 is 11.3 Å². The molecule has 0 aliphatic carbocycles. The maximum atomic E-state index is 12.6. The molecule has 0 atom stereocenters. The highest BCUT2D eigenvalue weighted by Gasteiger charge is 2.14. The number of non-ortho nitro benzene ring substituents is 1. The predicted molar refractivity (Wildman–Crippen MR) is 110 cm³/mol. The summed E-state index contributed by atoms with van der Waals surface area (Å²) in [5, 5.41) is 15.4. The van der Waals surface area contributed by atoms with E-state index in [1.54, 1.807) is 18.2 Å². The minimum Gasteiger partial charge on any atom is -0.489 e. The lowest BCUT2D eigenvalue weighted by Gasteiger charge is -2.04. The average Bonchev–Trinajstić information content (AvgIpc) is 3.32. The highest BCUT2D eigenvalue weighted by atomic mass is 32.1. The number of hydrogen-bond donors (Lipinski definition) is 1. The van der Waals surface area contributed by atoms with Gasteiger partial charge in [-0.15, -0.1) is 11.3 Å². The Hall–Kier alpha value is -3.72. The molecule has 9 heteroatoms. The zero-order chi connectivity index (χ0) is 20.4. The number of amides is 1. The highest BCUT2D eigenvalue weighted by molar-refractivity contribution is 7.12. The van der Waals surface area contributed by atoms with Crippen molar-refractivity contribution in [3.63, 3.8) is 0 Å². The SMILES string of the molecule is Cn1c(NC(=O)c2cc(COc3ccc([N+](=O)[O-])cc3)cs2)nc2ccccc21. The third-order valence-electron chi connectivity index (χ3n) is 4.34. The van der Waals surface area contributed by atoms with Gasteiger partial charge >= 0.3 is 0 Å². The van der Waals surface area contributed by atoms with Crippen LogP contribution in [0.1, 0.15) is 15.2 Å². The first-order valence-corrected chi connectivity index (χ1v) is 9.57. The van der Waals surface area contributed by atoms with E-state index in [0.29, 0.717) is 16.6 Å². The Morgan fingerprint density at radius 1 is 1.24 bits per heavy atom. The van der Waals surface area contributed by atoms with Crippen molar-refractivity contribution in [1.29, 1.82) is 0 Å². The van der Waals surface area contributed by atoms with E-state index in [1.165, 1.54) is 23.5 Å². The van der Waals surface area contributed by atoms with Gasteiger partial charge in [0.05, 0.1) is 20.8 Å². The minimum absolute atomic E-state index is 0.00814. The highest BCUT2D eigenvalue weighted by Crippen LogP contribution is 2.22. The summed E-state index contributed by atoms with van der Waals surface area (Å²) in [5.74, 6) is 0.760. The van der Waals surface area contributed by atoms with Crippen molar-refractivity contribution >= 4 is 39.9 Å². The fourth-order valence-electron chi connectivity index (χ4n) is 2.82. The molecule has 0 saturated carbocycles. The first-order chi connectivity index (χ1) is 14.0. The lowest BCUT2D eigenvalue weighted by Crippen LogP contribution is -2.13. The molecule has 0 saturated heterocycles. The molecule has 146 valence electrons. The summed E-state index contributed by atoms with van der Waals surface area (Å²) in [6, 6.07) is 15.3. The smallest absolute Gasteiger partial charge is 0.269 e. The summed E-state index contributed by atoms with van der Waals surface area (Å²) in [7, 11) is 1.85. The molecule has 8 nitrogen and oxygen atoms in total. The van der Waals surface area contributed by atoms with E-state index in [4.69, 9.17) is 4.74 Å². The Bertz CT molecular complexity index is 1200. The molecule has 2 heterocycles. The normalized spacial score (nSPS) is 10.8. The fraction of sp³-hybridized carbons (Fsp3) is 0.100. The lowest BCUT2D eigenvalue weighted by molar-refractivity contribution is -0.384. The van der Waals surface area contributed by atoms with E-state index >= 15 is 0 Å². The van der Waals surface area contributed by atoms with Gasteiger partial charge in [-0.1, -0.05) is 12.1 Å². The second-order valence-electron chi connectivity index (χ2n) is 6.30. The Morgan fingerprint density at radius 2 is 2.00 bits per heavy atom. The number of nitrogens with zero attached hydrogens (tertiary/aromatic N) is 3. The number of imidazole rings is 1. The van der Waals surface area contributed by atoms with Crippen molar-refractivity contribution in [2.24, 2.45) is 7.05 Å². The number of para-hydroxylation sites is 2. The van der Waals surface area contributed by atoms with Gasteiger partial charge in [0.25, 0.3) is 11.6 Å². The first kappa shape index (κ1) is 18.6. The number of benzene rings is 2. The minimum atomic E-state index is -0.460. The molecule has 2 aromatic carbocycles. The topological polar surface area (TPSA) is 99.3 Å². The van der Waals surface area contributed by atoms with E-state index in [1.807, 2.05) is 41.3 Å². The van der Waals surface area contributed by atoms with Crippen molar-refractivity contribution in [1.82, 2.24) is 9.55 Å². The monoisotopic (exact) mass is 408 g/mol. The van der Waals surface area contributed by atoms with E-state index < -0.39 is 4.92 Å². The first-order valence-electron chi connectivity index (χ1n) is 8.69. The van der Waals surface area contributed by atoms with Crippen molar-refractivity contribution in [3.05, 3.63) is 80.5 Å². The molecule has 1 amide bonds. The second-order valence-corrected chi connectivity index (χ2v) is 7.21. The van der Waals surface area contributed by atoms with Gasteiger partial charge in [0.1, 0.15) is 12.4 Å². The van der Waals surface area contributed by atoms with Crippen LogP contribution in [0.2, 0.25) is 0 Å². The Kier molecular flexibility index (Phi) is 4.96. The summed E-state index contributed by atoms with van der Waals surface area (Å²) >= 11 is 1.31. The number of nitrogens with one attached hydrogen (secondary N) is 1. The summed E-state index contributed by atoms with van der Waals surface area (Å²) < 4.78 is 7.47. The molecular formula is C20H16N4O4S. The number of rotatable bonds is 6. The number of aromatic nitrogens is 2. The van der Waals surface area contributed by atoms with Gasteiger partial charge in [0.2, 0.25) is 5.95 Å². The predicted octanol–water partition coefficient (Wildman–Crippen LogP) is 4.37. The van der Waals surface area contributed by atoms with Crippen LogP contribution < -0.4 is 10.1 Å². The molecule has 0 spiro atoms.